The van der Waals surface area contributed by atoms with Crippen LogP contribution in [0.3, 0.4) is 0 Å². The monoisotopic (exact) mass is 154 g/mol. The van der Waals surface area contributed by atoms with Gasteiger partial charge in [0, 0.05) is 6.20 Å². The number of hydrogen-bond donors (Lipinski definition) is 2. The molecule has 0 saturated carbocycles. The smallest absolute Gasteiger partial charge is 0.263 e. The molecule has 0 saturated heterocycles. The molecule has 2 N–H and O–H groups in total. The van der Waals surface area contributed by atoms with E-state index in [4.69, 9.17) is 0 Å². The normalized spacial score (nSPS) is 14.4. The number of pyridine rings is 1. The standard InChI is InChI=1S/C6H6N2OS/c9-6-5-4(1-2-7-6)8-3-10-5/h1-2,8H,3H2,(H,7,9). The molecule has 1 aromatic heterocycles. The maximum atomic E-state index is 11.0. The van der Waals surface area contributed by atoms with Crippen LogP contribution in [0.4, 0.5) is 5.69 Å². The second-order valence-electron chi connectivity index (χ2n) is 2.02. The molecule has 1 aromatic rings. The van der Waals surface area contributed by atoms with Crippen LogP contribution in [0.5, 0.6) is 0 Å². The molecule has 0 bridgehead atoms. The lowest BCUT2D eigenvalue weighted by Crippen LogP contribution is -2.05. The Morgan fingerprint density at radius 1 is 1.60 bits per heavy atom. The largest absolute Gasteiger partial charge is 0.375 e. The first-order valence-electron chi connectivity index (χ1n) is 2.96. The molecule has 2 heterocycles. The number of aromatic nitrogens is 1. The Balaban J connectivity index is 2.70. The first kappa shape index (κ1) is 5.85. The Hall–Kier alpha value is -0.900. The van der Waals surface area contributed by atoms with Crippen molar-refractivity contribution in [2.24, 2.45) is 0 Å². The van der Waals surface area contributed by atoms with E-state index in [9.17, 15) is 4.79 Å². The van der Waals surface area contributed by atoms with Crippen molar-refractivity contribution < 1.29 is 0 Å². The lowest BCUT2D eigenvalue weighted by molar-refractivity contribution is 1.15. The Bertz CT molecular complexity index is 307. The molecular formula is C6H6N2OS. The number of fused-ring (bicyclic) bond motifs is 1. The van der Waals surface area contributed by atoms with E-state index < -0.39 is 0 Å². The summed E-state index contributed by atoms with van der Waals surface area (Å²) in [6, 6.07) is 1.87. The molecule has 1 aliphatic heterocycles. The van der Waals surface area contributed by atoms with Crippen LogP contribution in [-0.4, -0.2) is 10.9 Å². The van der Waals surface area contributed by atoms with E-state index >= 15 is 0 Å². The zero-order chi connectivity index (χ0) is 6.97. The van der Waals surface area contributed by atoms with Crippen molar-refractivity contribution >= 4 is 17.4 Å². The summed E-state index contributed by atoms with van der Waals surface area (Å²) in [6.07, 6.45) is 1.65. The zero-order valence-corrected chi connectivity index (χ0v) is 5.99. The van der Waals surface area contributed by atoms with Gasteiger partial charge in [0.1, 0.15) is 0 Å². The van der Waals surface area contributed by atoms with E-state index in [1.807, 2.05) is 6.07 Å². The molecule has 0 radical (unpaired) electrons. The highest BCUT2D eigenvalue weighted by Crippen LogP contribution is 2.28. The van der Waals surface area contributed by atoms with Crippen LogP contribution >= 0.6 is 11.8 Å². The second kappa shape index (κ2) is 2.05. The van der Waals surface area contributed by atoms with Crippen molar-refractivity contribution in [2.75, 3.05) is 11.2 Å². The van der Waals surface area contributed by atoms with Crippen LogP contribution in [0.15, 0.2) is 22.0 Å². The molecule has 1 aliphatic rings. The number of nitrogens with one attached hydrogen (secondary N) is 2. The molecule has 3 nitrogen and oxygen atoms in total. The van der Waals surface area contributed by atoms with Crippen molar-refractivity contribution in [3.8, 4) is 0 Å². The first-order chi connectivity index (χ1) is 4.88. The quantitative estimate of drug-likeness (QED) is 0.582. The SMILES string of the molecule is O=c1[nH]ccc2c1SCN2. The third-order valence-electron chi connectivity index (χ3n) is 1.39. The number of thioether (sulfide) groups is 1. The van der Waals surface area contributed by atoms with Gasteiger partial charge in [0.2, 0.25) is 0 Å². The molecular weight excluding hydrogens is 148 g/mol. The van der Waals surface area contributed by atoms with Gasteiger partial charge < -0.3 is 10.3 Å². The molecule has 0 fully saturated rings. The van der Waals surface area contributed by atoms with Gasteiger partial charge in [-0.2, -0.15) is 0 Å². The summed E-state index contributed by atoms with van der Waals surface area (Å²) in [4.78, 5) is 14.4. The molecule has 0 aromatic carbocycles. The highest BCUT2D eigenvalue weighted by Gasteiger charge is 2.12. The Morgan fingerprint density at radius 3 is 3.30 bits per heavy atom. The molecule has 0 amide bonds. The minimum Gasteiger partial charge on any atom is -0.375 e. The molecule has 0 atom stereocenters. The van der Waals surface area contributed by atoms with Crippen LogP contribution in [0.2, 0.25) is 0 Å². The van der Waals surface area contributed by atoms with Gasteiger partial charge in [0.05, 0.1) is 16.5 Å². The Kier molecular flexibility index (Phi) is 1.20. The summed E-state index contributed by atoms with van der Waals surface area (Å²) < 4.78 is 0. The maximum absolute atomic E-state index is 11.0. The summed E-state index contributed by atoms with van der Waals surface area (Å²) in [5.41, 5.74) is 0.959. The summed E-state index contributed by atoms with van der Waals surface area (Å²) in [5.74, 6) is 0.808. The predicted octanol–water partition coefficient (Wildman–Crippen LogP) is 0.850. The average Bonchev–Trinajstić information content (AvgIpc) is 2.36. The van der Waals surface area contributed by atoms with Crippen LogP contribution in [0.1, 0.15) is 0 Å². The van der Waals surface area contributed by atoms with Gasteiger partial charge in [-0.25, -0.2) is 0 Å². The molecule has 2 rings (SSSR count). The predicted molar refractivity (Wildman–Crippen MR) is 41.4 cm³/mol. The van der Waals surface area contributed by atoms with Crippen LogP contribution < -0.4 is 10.9 Å². The lowest BCUT2D eigenvalue weighted by atomic mass is 10.4. The molecule has 10 heavy (non-hydrogen) atoms. The molecule has 52 valence electrons. The first-order valence-corrected chi connectivity index (χ1v) is 3.95. The zero-order valence-electron chi connectivity index (χ0n) is 5.18. The minimum absolute atomic E-state index is 0.00694. The van der Waals surface area contributed by atoms with Crippen LogP contribution in [0.25, 0.3) is 0 Å². The van der Waals surface area contributed by atoms with E-state index in [0.29, 0.717) is 0 Å². The highest BCUT2D eigenvalue weighted by atomic mass is 32.2. The highest BCUT2D eigenvalue weighted by molar-refractivity contribution is 7.99. The van der Waals surface area contributed by atoms with Gasteiger partial charge in [-0.3, -0.25) is 4.79 Å². The maximum Gasteiger partial charge on any atom is 0.263 e. The van der Waals surface area contributed by atoms with Crippen molar-refractivity contribution in [1.82, 2.24) is 4.98 Å². The molecule has 0 spiro atoms. The topological polar surface area (TPSA) is 44.9 Å². The van der Waals surface area contributed by atoms with Gasteiger partial charge in [0.15, 0.2) is 0 Å². The summed E-state index contributed by atoms with van der Waals surface area (Å²) in [6.45, 7) is 0. The fourth-order valence-corrected chi connectivity index (χ4v) is 1.79. The average molecular weight is 154 g/mol. The molecule has 4 heteroatoms. The Morgan fingerprint density at radius 2 is 2.50 bits per heavy atom. The summed E-state index contributed by atoms with van der Waals surface area (Å²) in [5, 5.41) is 3.08. The van der Waals surface area contributed by atoms with Crippen LogP contribution in [0, 0.1) is 0 Å². The van der Waals surface area contributed by atoms with Crippen LogP contribution in [-0.2, 0) is 0 Å². The fourth-order valence-electron chi connectivity index (χ4n) is 0.933. The molecule has 0 aliphatic carbocycles. The Labute approximate surface area is 61.8 Å². The van der Waals surface area contributed by atoms with E-state index in [0.717, 1.165) is 16.5 Å². The summed E-state index contributed by atoms with van der Waals surface area (Å²) >= 11 is 1.54. The van der Waals surface area contributed by atoms with Crippen molar-refractivity contribution in [3.63, 3.8) is 0 Å². The van der Waals surface area contributed by atoms with E-state index in [1.165, 1.54) is 11.8 Å². The van der Waals surface area contributed by atoms with Crippen molar-refractivity contribution in [2.45, 2.75) is 4.90 Å². The number of H-pyrrole nitrogens is 1. The van der Waals surface area contributed by atoms with Crippen molar-refractivity contribution in [1.29, 1.82) is 0 Å². The van der Waals surface area contributed by atoms with Gasteiger partial charge in [0.25, 0.3) is 5.56 Å². The van der Waals surface area contributed by atoms with E-state index in [2.05, 4.69) is 10.3 Å². The summed E-state index contributed by atoms with van der Waals surface area (Å²) in [7, 11) is 0. The third-order valence-corrected chi connectivity index (χ3v) is 2.38. The van der Waals surface area contributed by atoms with Gasteiger partial charge >= 0.3 is 0 Å². The fraction of sp³-hybridized carbons (Fsp3) is 0.167. The molecule has 0 unspecified atom stereocenters. The lowest BCUT2D eigenvalue weighted by Gasteiger charge is -1.92. The van der Waals surface area contributed by atoms with Gasteiger partial charge in [-0.05, 0) is 6.07 Å². The second-order valence-corrected chi connectivity index (χ2v) is 3.00. The van der Waals surface area contributed by atoms with E-state index in [1.54, 1.807) is 6.20 Å². The van der Waals surface area contributed by atoms with Crippen molar-refractivity contribution in [3.05, 3.63) is 22.6 Å². The van der Waals surface area contributed by atoms with E-state index in [-0.39, 0.29) is 5.56 Å². The number of aromatic amines is 1. The van der Waals surface area contributed by atoms with Gasteiger partial charge in [-0.15, -0.1) is 0 Å². The number of rotatable bonds is 0. The number of anilines is 1. The van der Waals surface area contributed by atoms with Gasteiger partial charge in [-0.1, -0.05) is 11.8 Å². The number of hydrogen-bond acceptors (Lipinski definition) is 3. The minimum atomic E-state index is 0.00694. The third kappa shape index (κ3) is 0.724.